The van der Waals surface area contributed by atoms with Crippen LogP contribution in [0.2, 0.25) is 0 Å². The number of methoxy groups -OCH3 is 1. The lowest BCUT2D eigenvalue weighted by molar-refractivity contribution is 0.181. The Morgan fingerprint density at radius 3 is 2.94 bits per heavy atom. The van der Waals surface area contributed by atoms with Crippen LogP contribution in [0.25, 0.3) is 0 Å². The average molecular weight is 249 g/mol. The summed E-state index contributed by atoms with van der Waals surface area (Å²) in [7, 11) is 5.98. The second kappa shape index (κ2) is 6.27. The van der Waals surface area contributed by atoms with Gasteiger partial charge in [-0.3, -0.25) is 9.88 Å². The lowest BCUT2D eigenvalue weighted by atomic mass is 9.97. The van der Waals surface area contributed by atoms with Crippen molar-refractivity contribution in [2.75, 3.05) is 40.8 Å². The fourth-order valence-electron chi connectivity index (χ4n) is 2.44. The van der Waals surface area contributed by atoms with Crippen molar-refractivity contribution in [2.24, 2.45) is 0 Å². The van der Waals surface area contributed by atoms with Crippen molar-refractivity contribution in [3.8, 4) is 0 Å². The van der Waals surface area contributed by atoms with Crippen LogP contribution in [-0.4, -0.2) is 55.6 Å². The van der Waals surface area contributed by atoms with E-state index in [0.717, 1.165) is 32.6 Å². The number of aromatic nitrogens is 1. The highest BCUT2D eigenvalue weighted by molar-refractivity contribution is 5.33. The molecule has 1 aromatic heterocycles. The molecule has 2 heterocycles. The molecule has 0 aromatic carbocycles. The van der Waals surface area contributed by atoms with Crippen LogP contribution in [0.1, 0.15) is 16.7 Å². The van der Waals surface area contributed by atoms with E-state index in [1.807, 2.05) is 12.4 Å². The molecule has 100 valence electrons. The molecule has 0 saturated heterocycles. The van der Waals surface area contributed by atoms with Gasteiger partial charge in [-0.1, -0.05) is 0 Å². The zero-order valence-electron chi connectivity index (χ0n) is 11.6. The summed E-state index contributed by atoms with van der Waals surface area (Å²) in [4.78, 5) is 9.06. The fourth-order valence-corrected chi connectivity index (χ4v) is 2.44. The van der Waals surface area contributed by atoms with Gasteiger partial charge in [0.2, 0.25) is 0 Å². The first-order chi connectivity index (χ1) is 8.70. The third-order valence-corrected chi connectivity index (χ3v) is 3.47. The van der Waals surface area contributed by atoms with E-state index in [9.17, 15) is 0 Å². The normalized spacial score (nSPS) is 16.0. The van der Waals surface area contributed by atoms with Crippen molar-refractivity contribution in [1.82, 2.24) is 14.8 Å². The molecule has 0 aliphatic carbocycles. The third kappa shape index (κ3) is 3.28. The van der Waals surface area contributed by atoms with E-state index in [2.05, 4.69) is 28.9 Å². The van der Waals surface area contributed by atoms with E-state index >= 15 is 0 Å². The number of hydrogen-bond donors (Lipinski definition) is 0. The van der Waals surface area contributed by atoms with Crippen LogP contribution in [0.15, 0.2) is 12.4 Å². The second-order valence-corrected chi connectivity index (χ2v) is 5.20. The van der Waals surface area contributed by atoms with Gasteiger partial charge in [-0.15, -0.1) is 0 Å². The summed E-state index contributed by atoms with van der Waals surface area (Å²) in [6.07, 6.45) is 5.07. The summed E-state index contributed by atoms with van der Waals surface area (Å²) in [6, 6.07) is 0. The molecule has 0 saturated carbocycles. The van der Waals surface area contributed by atoms with Gasteiger partial charge in [-0.2, -0.15) is 0 Å². The van der Waals surface area contributed by atoms with E-state index in [4.69, 9.17) is 4.74 Å². The number of nitrogens with zero attached hydrogens (tertiary/aromatic N) is 3. The van der Waals surface area contributed by atoms with Crippen molar-refractivity contribution in [3.05, 3.63) is 29.1 Å². The van der Waals surface area contributed by atoms with E-state index in [-0.39, 0.29) is 0 Å². The molecule has 0 unspecified atom stereocenters. The van der Waals surface area contributed by atoms with Gasteiger partial charge in [-0.05, 0) is 37.2 Å². The fraction of sp³-hybridized carbons (Fsp3) is 0.643. The molecule has 0 spiro atoms. The maximum Gasteiger partial charge on any atom is 0.0730 e. The number of fused-ring (bicyclic) bond motifs is 1. The maximum atomic E-state index is 5.24. The highest BCUT2D eigenvalue weighted by Gasteiger charge is 2.18. The molecule has 1 aliphatic heterocycles. The number of rotatable bonds is 5. The van der Waals surface area contributed by atoms with Crippen molar-refractivity contribution in [2.45, 2.75) is 19.6 Å². The smallest absolute Gasteiger partial charge is 0.0730 e. The minimum atomic E-state index is 0.674. The lowest BCUT2D eigenvalue weighted by Gasteiger charge is -2.30. The van der Waals surface area contributed by atoms with Crippen LogP contribution in [0.3, 0.4) is 0 Å². The van der Waals surface area contributed by atoms with E-state index in [0.29, 0.717) is 6.61 Å². The molecule has 18 heavy (non-hydrogen) atoms. The van der Waals surface area contributed by atoms with E-state index in [1.54, 1.807) is 7.11 Å². The van der Waals surface area contributed by atoms with Gasteiger partial charge in [0, 0.05) is 45.7 Å². The Morgan fingerprint density at radius 2 is 2.22 bits per heavy atom. The Balaban J connectivity index is 2.03. The second-order valence-electron chi connectivity index (χ2n) is 5.20. The van der Waals surface area contributed by atoms with Crippen molar-refractivity contribution >= 4 is 0 Å². The largest absolute Gasteiger partial charge is 0.380 e. The molecule has 0 bridgehead atoms. The summed E-state index contributed by atoms with van der Waals surface area (Å²) in [6.45, 7) is 5.07. The van der Waals surface area contributed by atoms with Crippen LogP contribution in [0.4, 0.5) is 0 Å². The predicted molar refractivity (Wildman–Crippen MR) is 72.5 cm³/mol. The van der Waals surface area contributed by atoms with Gasteiger partial charge in [0.05, 0.1) is 6.61 Å². The van der Waals surface area contributed by atoms with Gasteiger partial charge in [0.25, 0.3) is 0 Å². The molecule has 0 amide bonds. The Kier molecular flexibility index (Phi) is 4.69. The van der Waals surface area contributed by atoms with E-state index < -0.39 is 0 Å². The highest BCUT2D eigenvalue weighted by atomic mass is 16.5. The van der Waals surface area contributed by atoms with Gasteiger partial charge in [0.1, 0.15) is 0 Å². The first kappa shape index (κ1) is 13.5. The minimum Gasteiger partial charge on any atom is -0.380 e. The van der Waals surface area contributed by atoms with Crippen LogP contribution < -0.4 is 0 Å². The van der Waals surface area contributed by atoms with E-state index in [1.165, 1.54) is 16.7 Å². The summed E-state index contributed by atoms with van der Waals surface area (Å²) in [5.74, 6) is 0. The molecular formula is C14H23N3O. The number of hydrogen-bond acceptors (Lipinski definition) is 4. The Morgan fingerprint density at radius 1 is 1.39 bits per heavy atom. The number of pyridine rings is 1. The summed E-state index contributed by atoms with van der Waals surface area (Å²) >= 11 is 0. The molecule has 4 nitrogen and oxygen atoms in total. The summed E-state index contributed by atoms with van der Waals surface area (Å²) in [5.41, 5.74) is 4.07. The Labute approximate surface area is 110 Å². The molecule has 2 rings (SSSR count). The highest BCUT2D eigenvalue weighted by Crippen LogP contribution is 2.21. The molecule has 4 heteroatoms. The van der Waals surface area contributed by atoms with Crippen LogP contribution in [0.5, 0.6) is 0 Å². The van der Waals surface area contributed by atoms with Crippen LogP contribution in [-0.2, 0) is 24.3 Å². The van der Waals surface area contributed by atoms with Crippen LogP contribution >= 0.6 is 0 Å². The Hall–Kier alpha value is -0.970. The predicted octanol–water partition coefficient (Wildman–Crippen LogP) is 1.15. The average Bonchev–Trinajstić information content (AvgIpc) is 2.37. The van der Waals surface area contributed by atoms with Crippen LogP contribution in [0, 0.1) is 0 Å². The number of likely N-dealkylation sites (N-methyl/N-ethyl adjacent to an activating group) is 1. The maximum absolute atomic E-state index is 5.24. The quantitative estimate of drug-likeness (QED) is 0.782. The zero-order valence-corrected chi connectivity index (χ0v) is 11.6. The standard InChI is InChI=1S/C14H23N3O/c1-16(2)6-7-17-5-4-14-12(10-17)8-15-9-13(14)11-18-3/h8-9H,4-7,10-11H2,1-3H3. The van der Waals surface area contributed by atoms with Gasteiger partial charge in [-0.25, -0.2) is 0 Å². The molecule has 0 fully saturated rings. The third-order valence-electron chi connectivity index (χ3n) is 3.47. The summed E-state index contributed by atoms with van der Waals surface area (Å²) < 4.78 is 5.24. The van der Waals surface area contributed by atoms with Gasteiger partial charge in [0.15, 0.2) is 0 Å². The molecule has 0 radical (unpaired) electrons. The van der Waals surface area contributed by atoms with Crippen molar-refractivity contribution in [3.63, 3.8) is 0 Å². The number of ether oxygens (including phenoxy) is 1. The summed E-state index contributed by atoms with van der Waals surface area (Å²) in [5, 5.41) is 0. The molecule has 0 atom stereocenters. The molecular weight excluding hydrogens is 226 g/mol. The lowest BCUT2D eigenvalue weighted by Crippen LogP contribution is -2.36. The first-order valence-electron chi connectivity index (χ1n) is 6.51. The molecule has 1 aromatic rings. The molecule has 0 N–H and O–H groups in total. The van der Waals surface area contributed by atoms with Gasteiger partial charge >= 0.3 is 0 Å². The van der Waals surface area contributed by atoms with Crippen molar-refractivity contribution < 1.29 is 4.74 Å². The van der Waals surface area contributed by atoms with Gasteiger partial charge < -0.3 is 9.64 Å². The SMILES string of the molecule is COCc1cncc2c1CCN(CCN(C)C)C2. The van der Waals surface area contributed by atoms with Crippen molar-refractivity contribution in [1.29, 1.82) is 0 Å². The monoisotopic (exact) mass is 249 g/mol. The Bertz CT molecular complexity index is 393. The zero-order chi connectivity index (χ0) is 13.0. The first-order valence-corrected chi connectivity index (χ1v) is 6.51. The molecule has 1 aliphatic rings. The minimum absolute atomic E-state index is 0.674. The topological polar surface area (TPSA) is 28.6 Å².